The van der Waals surface area contributed by atoms with E-state index in [4.69, 9.17) is 4.74 Å². The number of rotatable bonds is 3. The Morgan fingerprint density at radius 1 is 1.33 bits per heavy atom. The number of fused-ring (bicyclic) bond motifs is 1. The van der Waals surface area contributed by atoms with Gasteiger partial charge in [-0.15, -0.1) is 11.3 Å². The standard InChI is InChI=1S/C16H19N3O4S/c1-8-11-13(19-6-4-5-10(7-19)15(20)21)17-9(2)18-14(11)24-12(8)16(22)23-3/h10H,4-7H2,1-3H3,(H,20,21). The van der Waals surface area contributed by atoms with Gasteiger partial charge in [0.25, 0.3) is 0 Å². The van der Waals surface area contributed by atoms with Gasteiger partial charge in [-0.05, 0) is 32.3 Å². The Kier molecular flexibility index (Phi) is 4.40. The van der Waals surface area contributed by atoms with Crippen LogP contribution in [0.5, 0.6) is 0 Å². The maximum atomic E-state index is 12.0. The van der Waals surface area contributed by atoms with Gasteiger partial charge in [0.2, 0.25) is 0 Å². The van der Waals surface area contributed by atoms with Crippen molar-refractivity contribution in [1.29, 1.82) is 0 Å². The lowest BCUT2D eigenvalue weighted by Gasteiger charge is -2.32. The van der Waals surface area contributed by atoms with Crippen molar-refractivity contribution in [2.24, 2.45) is 5.92 Å². The third-order valence-corrected chi connectivity index (χ3v) is 5.49. The molecule has 1 aliphatic heterocycles. The van der Waals surface area contributed by atoms with Gasteiger partial charge >= 0.3 is 11.9 Å². The van der Waals surface area contributed by atoms with Gasteiger partial charge < -0.3 is 14.7 Å². The number of aryl methyl sites for hydroxylation is 2. The number of methoxy groups -OCH3 is 1. The summed E-state index contributed by atoms with van der Waals surface area (Å²) in [6.45, 7) is 4.82. The Labute approximate surface area is 143 Å². The van der Waals surface area contributed by atoms with E-state index in [9.17, 15) is 14.7 Å². The van der Waals surface area contributed by atoms with E-state index in [0.29, 0.717) is 29.5 Å². The molecule has 128 valence electrons. The number of carbonyl (C=O) groups is 2. The van der Waals surface area contributed by atoms with E-state index in [2.05, 4.69) is 9.97 Å². The van der Waals surface area contributed by atoms with Gasteiger partial charge in [0.05, 0.1) is 18.4 Å². The molecule has 3 rings (SSSR count). The van der Waals surface area contributed by atoms with Crippen LogP contribution in [0.1, 0.15) is 33.9 Å². The number of aromatic nitrogens is 2. The zero-order valence-corrected chi connectivity index (χ0v) is 14.6. The zero-order chi connectivity index (χ0) is 17.4. The molecule has 1 unspecified atom stereocenters. The second-order valence-electron chi connectivity index (χ2n) is 5.95. The number of ether oxygens (including phenoxy) is 1. The van der Waals surface area contributed by atoms with Crippen molar-refractivity contribution < 1.29 is 19.4 Å². The number of carboxylic acids is 1. The molecule has 1 fully saturated rings. The first-order chi connectivity index (χ1) is 11.4. The monoisotopic (exact) mass is 349 g/mol. The van der Waals surface area contributed by atoms with Crippen LogP contribution < -0.4 is 4.90 Å². The highest BCUT2D eigenvalue weighted by Gasteiger charge is 2.29. The van der Waals surface area contributed by atoms with Crippen LogP contribution in [0.2, 0.25) is 0 Å². The number of thiophene rings is 1. The largest absolute Gasteiger partial charge is 0.481 e. The van der Waals surface area contributed by atoms with Crippen LogP contribution in [-0.2, 0) is 9.53 Å². The summed E-state index contributed by atoms with van der Waals surface area (Å²) in [5.74, 6) is -0.247. The summed E-state index contributed by atoms with van der Waals surface area (Å²) in [4.78, 5) is 35.5. The average Bonchev–Trinajstić information content (AvgIpc) is 2.90. The first-order valence-electron chi connectivity index (χ1n) is 7.76. The lowest BCUT2D eigenvalue weighted by Crippen LogP contribution is -2.39. The summed E-state index contributed by atoms with van der Waals surface area (Å²) < 4.78 is 4.84. The topological polar surface area (TPSA) is 92.6 Å². The minimum atomic E-state index is -0.779. The van der Waals surface area contributed by atoms with Crippen LogP contribution in [0.25, 0.3) is 10.2 Å². The molecule has 24 heavy (non-hydrogen) atoms. The number of carbonyl (C=O) groups excluding carboxylic acids is 1. The Balaban J connectivity index is 2.11. The lowest BCUT2D eigenvalue weighted by atomic mass is 9.98. The summed E-state index contributed by atoms with van der Waals surface area (Å²) in [7, 11) is 1.35. The van der Waals surface area contributed by atoms with Gasteiger partial charge in [0.1, 0.15) is 21.3 Å². The minimum absolute atomic E-state index is 0.388. The molecule has 1 aliphatic rings. The van der Waals surface area contributed by atoms with Crippen LogP contribution in [0.4, 0.5) is 5.82 Å². The predicted octanol–water partition coefficient (Wildman–Crippen LogP) is 2.40. The van der Waals surface area contributed by atoms with Gasteiger partial charge in [-0.1, -0.05) is 0 Å². The van der Waals surface area contributed by atoms with Crippen LogP contribution in [-0.4, -0.2) is 47.2 Å². The van der Waals surface area contributed by atoms with Crippen LogP contribution in [0, 0.1) is 19.8 Å². The average molecular weight is 349 g/mol. The second-order valence-corrected chi connectivity index (χ2v) is 6.94. The van der Waals surface area contributed by atoms with Crippen molar-refractivity contribution in [3.8, 4) is 0 Å². The molecular weight excluding hydrogens is 330 g/mol. The predicted molar refractivity (Wildman–Crippen MR) is 90.8 cm³/mol. The van der Waals surface area contributed by atoms with Crippen molar-refractivity contribution in [3.05, 3.63) is 16.3 Å². The first-order valence-corrected chi connectivity index (χ1v) is 8.57. The molecule has 1 saturated heterocycles. The van der Waals surface area contributed by atoms with E-state index in [0.717, 1.165) is 28.7 Å². The first kappa shape index (κ1) is 16.6. The van der Waals surface area contributed by atoms with E-state index < -0.39 is 11.9 Å². The molecule has 1 N–H and O–H groups in total. The van der Waals surface area contributed by atoms with E-state index in [1.54, 1.807) is 6.92 Å². The zero-order valence-electron chi connectivity index (χ0n) is 13.8. The number of anilines is 1. The van der Waals surface area contributed by atoms with Crippen LogP contribution >= 0.6 is 11.3 Å². The quantitative estimate of drug-likeness (QED) is 0.851. The smallest absolute Gasteiger partial charge is 0.348 e. The van der Waals surface area contributed by atoms with Gasteiger partial charge in [0, 0.05) is 13.1 Å². The summed E-state index contributed by atoms with van der Waals surface area (Å²) >= 11 is 1.29. The van der Waals surface area contributed by atoms with Crippen molar-refractivity contribution in [3.63, 3.8) is 0 Å². The Morgan fingerprint density at radius 3 is 2.75 bits per heavy atom. The summed E-state index contributed by atoms with van der Waals surface area (Å²) in [6, 6.07) is 0. The van der Waals surface area contributed by atoms with Crippen molar-refractivity contribution in [1.82, 2.24) is 9.97 Å². The highest BCUT2D eigenvalue weighted by Crippen LogP contribution is 2.37. The molecule has 0 spiro atoms. The molecule has 0 saturated carbocycles. The number of aliphatic carboxylic acids is 1. The molecule has 0 amide bonds. The molecule has 0 bridgehead atoms. The van der Waals surface area contributed by atoms with Gasteiger partial charge in [-0.25, -0.2) is 14.8 Å². The van der Waals surface area contributed by atoms with Crippen molar-refractivity contribution >= 4 is 39.3 Å². The number of esters is 1. The van der Waals surface area contributed by atoms with E-state index in [1.807, 2.05) is 11.8 Å². The third kappa shape index (κ3) is 2.82. The van der Waals surface area contributed by atoms with Crippen LogP contribution in [0.15, 0.2) is 0 Å². The number of nitrogens with zero attached hydrogens (tertiary/aromatic N) is 3. The molecule has 3 heterocycles. The minimum Gasteiger partial charge on any atom is -0.481 e. The molecular formula is C16H19N3O4S. The Morgan fingerprint density at radius 2 is 2.08 bits per heavy atom. The molecule has 0 aliphatic carbocycles. The second kappa shape index (κ2) is 6.35. The van der Waals surface area contributed by atoms with E-state index >= 15 is 0 Å². The maximum Gasteiger partial charge on any atom is 0.348 e. The fourth-order valence-corrected chi connectivity index (χ4v) is 4.25. The number of piperidine rings is 1. The van der Waals surface area contributed by atoms with Crippen LogP contribution in [0.3, 0.4) is 0 Å². The van der Waals surface area contributed by atoms with Gasteiger partial charge in [0.15, 0.2) is 0 Å². The third-order valence-electron chi connectivity index (χ3n) is 4.32. The van der Waals surface area contributed by atoms with Gasteiger partial charge in [-0.2, -0.15) is 0 Å². The molecule has 7 nitrogen and oxygen atoms in total. The van der Waals surface area contributed by atoms with Crippen molar-refractivity contribution in [2.75, 3.05) is 25.1 Å². The summed E-state index contributed by atoms with van der Waals surface area (Å²) in [5, 5.41) is 10.1. The highest BCUT2D eigenvalue weighted by molar-refractivity contribution is 7.20. The normalized spacial score (nSPS) is 18.0. The van der Waals surface area contributed by atoms with Crippen molar-refractivity contribution in [2.45, 2.75) is 26.7 Å². The molecule has 0 aromatic carbocycles. The molecule has 2 aromatic heterocycles. The maximum absolute atomic E-state index is 12.0. The number of hydrogen-bond acceptors (Lipinski definition) is 7. The fourth-order valence-electron chi connectivity index (χ4n) is 3.11. The highest BCUT2D eigenvalue weighted by atomic mass is 32.1. The summed E-state index contributed by atoms with van der Waals surface area (Å²) in [5.41, 5.74) is 0.786. The van der Waals surface area contributed by atoms with Gasteiger partial charge in [-0.3, -0.25) is 4.79 Å². The molecule has 0 radical (unpaired) electrons. The Hall–Kier alpha value is -2.22. The fraction of sp³-hybridized carbons (Fsp3) is 0.500. The number of hydrogen-bond donors (Lipinski definition) is 1. The molecule has 1 atom stereocenters. The molecule has 8 heteroatoms. The molecule has 2 aromatic rings. The van der Waals surface area contributed by atoms with E-state index in [1.165, 1.54) is 18.4 Å². The summed E-state index contributed by atoms with van der Waals surface area (Å²) in [6.07, 6.45) is 1.48. The number of carboxylic acid groups (broad SMARTS) is 1. The lowest BCUT2D eigenvalue weighted by molar-refractivity contribution is -0.141. The Bertz CT molecular complexity index is 817. The van der Waals surface area contributed by atoms with E-state index in [-0.39, 0.29) is 5.97 Å². The SMILES string of the molecule is COC(=O)c1sc2nc(C)nc(N3CCCC(C(=O)O)C3)c2c1C.